The van der Waals surface area contributed by atoms with Crippen molar-refractivity contribution in [2.24, 2.45) is 5.73 Å². The zero-order valence-electron chi connectivity index (χ0n) is 8.40. The minimum Gasteiger partial charge on any atom is -0.497 e. The Morgan fingerprint density at radius 1 is 1.53 bits per heavy atom. The van der Waals surface area contributed by atoms with Crippen LogP contribution in [0.5, 0.6) is 5.75 Å². The third kappa shape index (κ3) is 1.66. The average Bonchev–Trinajstić information content (AvgIpc) is 2.97. The van der Waals surface area contributed by atoms with Gasteiger partial charge in [0.1, 0.15) is 5.75 Å². The summed E-state index contributed by atoms with van der Waals surface area (Å²) in [5.74, 6) is 0.604. The van der Waals surface area contributed by atoms with E-state index in [1.54, 1.807) is 12.1 Å². The van der Waals surface area contributed by atoms with Crippen LogP contribution in [-0.2, 0) is 5.54 Å². The van der Waals surface area contributed by atoms with Gasteiger partial charge in [0.2, 0.25) is 0 Å². The van der Waals surface area contributed by atoms with Crippen molar-refractivity contribution in [3.8, 4) is 5.75 Å². The highest BCUT2D eigenvalue weighted by Gasteiger charge is 2.44. The van der Waals surface area contributed by atoms with Gasteiger partial charge < -0.3 is 10.5 Å². The van der Waals surface area contributed by atoms with Crippen LogP contribution >= 0.6 is 0 Å². The van der Waals surface area contributed by atoms with Crippen molar-refractivity contribution in [2.75, 3.05) is 7.11 Å². The molecule has 1 aliphatic carbocycles. The smallest absolute Gasteiger partial charge is 0.274 e. The first-order chi connectivity index (χ1) is 7.07. The number of nitro benzene ring substituents is 1. The zero-order valence-corrected chi connectivity index (χ0v) is 8.40. The number of nitrogens with zero attached hydrogens (tertiary/aromatic N) is 1. The Morgan fingerprint density at radius 2 is 2.20 bits per heavy atom. The van der Waals surface area contributed by atoms with Crippen LogP contribution in [0.3, 0.4) is 0 Å². The van der Waals surface area contributed by atoms with Gasteiger partial charge >= 0.3 is 0 Å². The molecule has 5 nitrogen and oxygen atoms in total. The van der Waals surface area contributed by atoms with Gasteiger partial charge in [-0.1, -0.05) is 0 Å². The van der Waals surface area contributed by atoms with Gasteiger partial charge in [0.05, 0.1) is 17.6 Å². The molecule has 2 N–H and O–H groups in total. The third-order valence-corrected chi connectivity index (χ3v) is 2.73. The molecule has 0 saturated heterocycles. The van der Waals surface area contributed by atoms with Gasteiger partial charge in [-0.25, -0.2) is 0 Å². The zero-order chi connectivity index (χ0) is 11.1. The second-order valence-corrected chi connectivity index (χ2v) is 3.80. The number of nitrogens with two attached hydrogens (primary N) is 1. The topological polar surface area (TPSA) is 78.4 Å². The molecule has 0 aliphatic heterocycles. The van der Waals surface area contributed by atoms with Crippen molar-refractivity contribution in [2.45, 2.75) is 18.4 Å². The van der Waals surface area contributed by atoms with Crippen molar-refractivity contribution in [1.82, 2.24) is 0 Å². The lowest BCUT2D eigenvalue weighted by Crippen LogP contribution is -2.20. The maximum Gasteiger partial charge on any atom is 0.274 e. The van der Waals surface area contributed by atoms with E-state index in [0.29, 0.717) is 11.3 Å². The van der Waals surface area contributed by atoms with Crippen molar-refractivity contribution >= 4 is 5.69 Å². The number of hydrogen-bond donors (Lipinski definition) is 1. The normalized spacial score (nSPS) is 17.2. The Kier molecular flexibility index (Phi) is 2.12. The number of rotatable bonds is 3. The molecule has 0 aromatic heterocycles. The predicted octanol–water partition coefficient (Wildman–Crippen LogP) is 1.55. The molecule has 0 spiro atoms. The second kappa shape index (κ2) is 3.20. The molecule has 0 radical (unpaired) electrons. The Hall–Kier alpha value is -1.62. The largest absolute Gasteiger partial charge is 0.497 e. The van der Waals surface area contributed by atoms with Crippen LogP contribution < -0.4 is 10.5 Å². The van der Waals surface area contributed by atoms with Gasteiger partial charge in [-0.05, 0) is 25.0 Å². The van der Waals surface area contributed by atoms with Gasteiger partial charge in [-0.15, -0.1) is 0 Å². The van der Waals surface area contributed by atoms with Crippen LogP contribution in [0.4, 0.5) is 5.69 Å². The number of ether oxygens (including phenoxy) is 1. The number of nitro groups is 1. The first-order valence-corrected chi connectivity index (χ1v) is 4.68. The molecule has 1 aromatic rings. The molecule has 15 heavy (non-hydrogen) atoms. The molecule has 0 atom stereocenters. The van der Waals surface area contributed by atoms with E-state index < -0.39 is 10.5 Å². The summed E-state index contributed by atoms with van der Waals surface area (Å²) in [6.45, 7) is 0. The first-order valence-electron chi connectivity index (χ1n) is 4.68. The summed E-state index contributed by atoms with van der Waals surface area (Å²) in [6.07, 6.45) is 1.59. The number of benzene rings is 1. The summed E-state index contributed by atoms with van der Waals surface area (Å²) in [5.41, 5.74) is 6.11. The van der Waals surface area contributed by atoms with E-state index in [1.165, 1.54) is 13.2 Å². The highest BCUT2D eigenvalue weighted by Crippen LogP contribution is 2.47. The van der Waals surface area contributed by atoms with Gasteiger partial charge in [-0.2, -0.15) is 0 Å². The molecular weight excluding hydrogens is 196 g/mol. The van der Waals surface area contributed by atoms with Crippen molar-refractivity contribution in [3.63, 3.8) is 0 Å². The van der Waals surface area contributed by atoms with Gasteiger partial charge in [0, 0.05) is 11.6 Å². The molecule has 0 amide bonds. The van der Waals surface area contributed by atoms with Gasteiger partial charge in [0.15, 0.2) is 0 Å². The van der Waals surface area contributed by atoms with Crippen LogP contribution in [0.15, 0.2) is 18.2 Å². The second-order valence-electron chi connectivity index (χ2n) is 3.80. The monoisotopic (exact) mass is 208 g/mol. The summed E-state index contributed by atoms with van der Waals surface area (Å²) in [6, 6.07) is 4.68. The van der Waals surface area contributed by atoms with Crippen molar-refractivity contribution in [1.29, 1.82) is 0 Å². The molecular formula is C10H12N2O3. The molecule has 1 saturated carbocycles. The standard InChI is InChI=1S/C10H12N2O3/c1-15-7-2-3-9(12(13)14)8(6-7)10(11)4-5-10/h2-3,6H,4-5,11H2,1H3. The molecule has 0 heterocycles. The van der Waals surface area contributed by atoms with Gasteiger partial charge in [0.25, 0.3) is 5.69 Å². The van der Waals surface area contributed by atoms with Crippen LogP contribution in [0, 0.1) is 10.1 Å². The summed E-state index contributed by atoms with van der Waals surface area (Å²) < 4.78 is 5.03. The fraction of sp³-hybridized carbons (Fsp3) is 0.400. The van der Waals surface area contributed by atoms with E-state index in [0.717, 1.165) is 12.8 Å². The van der Waals surface area contributed by atoms with Crippen molar-refractivity contribution in [3.05, 3.63) is 33.9 Å². The Morgan fingerprint density at radius 3 is 2.67 bits per heavy atom. The van der Waals surface area contributed by atoms with Crippen molar-refractivity contribution < 1.29 is 9.66 Å². The van der Waals surface area contributed by atoms with E-state index in [-0.39, 0.29) is 5.69 Å². The molecule has 1 aliphatic rings. The minimum atomic E-state index is -0.517. The summed E-state index contributed by atoms with van der Waals surface area (Å²) in [4.78, 5) is 10.4. The maximum atomic E-state index is 10.8. The maximum absolute atomic E-state index is 10.8. The highest BCUT2D eigenvalue weighted by atomic mass is 16.6. The van der Waals surface area contributed by atoms with E-state index in [1.807, 2.05) is 0 Å². The molecule has 0 unspecified atom stereocenters. The molecule has 80 valence electrons. The first kappa shape index (κ1) is 9.92. The van der Waals surface area contributed by atoms with Crippen LogP contribution in [0.25, 0.3) is 0 Å². The quantitative estimate of drug-likeness (QED) is 0.603. The fourth-order valence-corrected chi connectivity index (χ4v) is 1.60. The molecule has 5 heteroatoms. The number of hydrogen-bond acceptors (Lipinski definition) is 4. The molecule has 2 rings (SSSR count). The molecule has 1 fully saturated rings. The van der Waals surface area contributed by atoms with E-state index in [4.69, 9.17) is 10.5 Å². The van der Waals surface area contributed by atoms with Gasteiger partial charge in [-0.3, -0.25) is 10.1 Å². The Bertz CT molecular complexity index is 413. The van der Waals surface area contributed by atoms with E-state index in [2.05, 4.69) is 0 Å². The predicted molar refractivity (Wildman–Crippen MR) is 54.7 cm³/mol. The number of methoxy groups -OCH3 is 1. The Labute approximate surface area is 87.0 Å². The fourth-order valence-electron chi connectivity index (χ4n) is 1.60. The lowest BCUT2D eigenvalue weighted by atomic mass is 10.0. The highest BCUT2D eigenvalue weighted by molar-refractivity contribution is 5.51. The average molecular weight is 208 g/mol. The molecule has 0 bridgehead atoms. The van der Waals surface area contributed by atoms with Crippen LogP contribution in [0.1, 0.15) is 18.4 Å². The summed E-state index contributed by atoms with van der Waals surface area (Å²) in [7, 11) is 1.53. The lowest BCUT2D eigenvalue weighted by molar-refractivity contribution is -0.385. The summed E-state index contributed by atoms with van der Waals surface area (Å²) in [5, 5.41) is 10.8. The van der Waals surface area contributed by atoms with Crippen LogP contribution in [0.2, 0.25) is 0 Å². The molecule has 1 aromatic carbocycles. The third-order valence-electron chi connectivity index (χ3n) is 2.73. The summed E-state index contributed by atoms with van der Waals surface area (Å²) >= 11 is 0. The van der Waals surface area contributed by atoms with E-state index in [9.17, 15) is 10.1 Å². The Balaban J connectivity index is 2.51. The van der Waals surface area contributed by atoms with E-state index >= 15 is 0 Å². The lowest BCUT2D eigenvalue weighted by Gasteiger charge is -2.10. The SMILES string of the molecule is COc1ccc([N+](=O)[O-])c(C2(N)CC2)c1. The van der Waals surface area contributed by atoms with Crippen LogP contribution in [-0.4, -0.2) is 12.0 Å². The minimum absolute atomic E-state index is 0.0794.